The van der Waals surface area contributed by atoms with Gasteiger partial charge in [-0.1, -0.05) is 6.92 Å². The van der Waals surface area contributed by atoms with Crippen molar-refractivity contribution in [2.24, 2.45) is 5.92 Å². The zero-order chi connectivity index (χ0) is 15.2. The van der Waals surface area contributed by atoms with E-state index in [1.807, 2.05) is 19.1 Å². The number of anilines is 1. The summed E-state index contributed by atoms with van der Waals surface area (Å²) in [6.07, 6.45) is 1.07. The van der Waals surface area contributed by atoms with Gasteiger partial charge in [-0.25, -0.2) is 4.79 Å². The fourth-order valence-electron chi connectivity index (χ4n) is 2.17. The number of aliphatic carboxylic acids is 1. The molecule has 0 radical (unpaired) electrons. The maximum Gasteiger partial charge on any atom is 0.321 e. The molecule has 1 aromatic rings. The van der Waals surface area contributed by atoms with Crippen LogP contribution in [0.2, 0.25) is 0 Å². The maximum absolute atomic E-state index is 11.9. The summed E-state index contributed by atoms with van der Waals surface area (Å²) in [5.41, 5.74) is 0.700. The second-order valence-electron chi connectivity index (χ2n) is 5.17. The van der Waals surface area contributed by atoms with Gasteiger partial charge in [0, 0.05) is 24.7 Å². The molecule has 1 aliphatic rings. The molecule has 1 aromatic carbocycles. The van der Waals surface area contributed by atoms with Gasteiger partial charge in [0.1, 0.15) is 5.75 Å². The van der Waals surface area contributed by atoms with Crippen LogP contribution in [0.15, 0.2) is 24.3 Å². The number of benzene rings is 1. The van der Waals surface area contributed by atoms with Crippen LogP contribution in [-0.4, -0.2) is 41.7 Å². The van der Waals surface area contributed by atoms with Crippen LogP contribution in [0.3, 0.4) is 0 Å². The van der Waals surface area contributed by atoms with Crippen molar-refractivity contribution in [3.8, 4) is 5.75 Å². The van der Waals surface area contributed by atoms with Crippen molar-refractivity contribution >= 4 is 17.7 Å². The molecule has 6 nitrogen and oxygen atoms in total. The number of rotatable bonds is 6. The van der Waals surface area contributed by atoms with Crippen molar-refractivity contribution in [3.05, 3.63) is 24.3 Å². The molecule has 1 saturated heterocycles. The quantitative estimate of drug-likeness (QED) is 0.844. The molecule has 0 spiro atoms. The van der Waals surface area contributed by atoms with Gasteiger partial charge in [0.2, 0.25) is 0 Å². The van der Waals surface area contributed by atoms with E-state index in [4.69, 9.17) is 9.84 Å². The standard InChI is InChI=1S/C15H20N2O4/c1-2-7-21-13-5-3-12(4-6-13)16-15(20)17-9-11(10-17)8-14(18)19/h3-6,11H,2,7-10H2,1H3,(H,16,20)(H,18,19). The number of nitrogens with zero attached hydrogens (tertiary/aromatic N) is 1. The van der Waals surface area contributed by atoms with E-state index in [0.29, 0.717) is 25.4 Å². The topological polar surface area (TPSA) is 78.9 Å². The minimum absolute atomic E-state index is 0.0677. The molecule has 114 valence electrons. The number of hydrogen-bond donors (Lipinski definition) is 2. The van der Waals surface area contributed by atoms with Crippen molar-refractivity contribution in [3.63, 3.8) is 0 Å². The summed E-state index contributed by atoms with van der Waals surface area (Å²) in [7, 11) is 0. The van der Waals surface area contributed by atoms with Gasteiger partial charge in [0.15, 0.2) is 0 Å². The third-order valence-electron chi connectivity index (χ3n) is 3.29. The first-order valence-electron chi connectivity index (χ1n) is 7.09. The van der Waals surface area contributed by atoms with Gasteiger partial charge in [-0.15, -0.1) is 0 Å². The van der Waals surface area contributed by atoms with Gasteiger partial charge in [0.05, 0.1) is 13.0 Å². The fourth-order valence-corrected chi connectivity index (χ4v) is 2.17. The zero-order valence-corrected chi connectivity index (χ0v) is 12.0. The summed E-state index contributed by atoms with van der Waals surface area (Å²) in [6.45, 7) is 3.70. The summed E-state index contributed by atoms with van der Waals surface area (Å²) in [5.74, 6) is 0.0288. The average molecular weight is 292 g/mol. The van der Waals surface area contributed by atoms with E-state index in [1.54, 1.807) is 17.0 Å². The van der Waals surface area contributed by atoms with E-state index in [1.165, 1.54) is 0 Å². The van der Waals surface area contributed by atoms with Crippen LogP contribution in [0.1, 0.15) is 19.8 Å². The molecule has 2 rings (SSSR count). The number of amides is 2. The molecule has 1 aliphatic heterocycles. The molecule has 6 heteroatoms. The monoisotopic (exact) mass is 292 g/mol. The van der Waals surface area contributed by atoms with E-state index in [-0.39, 0.29) is 18.4 Å². The second-order valence-corrected chi connectivity index (χ2v) is 5.17. The zero-order valence-electron chi connectivity index (χ0n) is 12.0. The highest BCUT2D eigenvalue weighted by atomic mass is 16.5. The van der Waals surface area contributed by atoms with E-state index in [9.17, 15) is 9.59 Å². The molecule has 21 heavy (non-hydrogen) atoms. The van der Waals surface area contributed by atoms with Crippen LogP contribution in [0.25, 0.3) is 0 Å². The molecule has 0 atom stereocenters. The second kappa shape index (κ2) is 6.97. The van der Waals surface area contributed by atoms with Crippen molar-refractivity contribution in [1.29, 1.82) is 0 Å². The van der Waals surface area contributed by atoms with Crippen molar-refractivity contribution in [2.75, 3.05) is 25.0 Å². The van der Waals surface area contributed by atoms with E-state index in [0.717, 1.165) is 12.2 Å². The van der Waals surface area contributed by atoms with Gasteiger partial charge in [-0.2, -0.15) is 0 Å². The van der Waals surface area contributed by atoms with E-state index < -0.39 is 5.97 Å². The number of carbonyl (C=O) groups excluding carboxylic acids is 1. The van der Waals surface area contributed by atoms with Gasteiger partial charge < -0.3 is 20.1 Å². The predicted octanol–water partition coefficient (Wildman–Crippen LogP) is 2.41. The first kappa shape index (κ1) is 15.2. The van der Waals surface area contributed by atoms with Crippen molar-refractivity contribution in [1.82, 2.24) is 4.90 Å². The van der Waals surface area contributed by atoms with Crippen molar-refractivity contribution < 1.29 is 19.4 Å². The molecule has 0 saturated carbocycles. The summed E-state index contributed by atoms with van der Waals surface area (Å²) >= 11 is 0. The number of carbonyl (C=O) groups is 2. The number of urea groups is 1. The van der Waals surface area contributed by atoms with Crippen LogP contribution in [-0.2, 0) is 4.79 Å². The Kier molecular flexibility index (Phi) is 5.03. The van der Waals surface area contributed by atoms with Crippen LogP contribution >= 0.6 is 0 Å². The van der Waals surface area contributed by atoms with Crippen LogP contribution < -0.4 is 10.1 Å². The lowest BCUT2D eigenvalue weighted by molar-refractivity contribution is -0.139. The number of nitrogens with one attached hydrogen (secondary N) is 1. The Balaban J connectivity index is 1.77. The third kappa shape index (κ3) is 4.37. The largest absolute Gasteiger partial charge is 0.494 e. The van der Waals surface area contributed by atoms with Gasteiger partial charge >= 0.3 is 12.0 Å². The highest BCUT2D eigenvalue weighted by molar-refractivity contribution is 5.90. The summed E-state index contributed by atoms with van der Waals surface area (Å²) in [6, 6.07) is 7.01. The van der Waals surface area contributed by atoms with Crippen LogP contribution in [0.5, 0.6) is 5.75 Å². The minimum atomic E-state index is -0.817. The summed E-state index contributed by atoms with van der Waals surface area (Å²) in [5, 5.41) is 11.5. The Labute approximate surface area is 123 Å². The first-order chi connectivity index (χ1) is 10.1. The molecule has 0 aromatic heterocycles. The molecular formula is C15H20N2O4. The highest BCUT2D eigenvalue weighted by Gasteiger charge is 2.31. The highest BCUT2D eigenvalue weighted by Crippen LogP contribution is 2.21. The molecule has 1 heterocycles. The molecular weight excluding hydrogens is 272 g/mol. The Bertz CT molecular complexity index is 495. The minimum Gasteiger partial charge on any atom is -0.494 e. The molecule has 2 amide bonds. The lowest BCUT2D eigenvalue weighted by atomic mass is 9.97. The van der Waals surface area contributed by atoms with Crippen molar-refractivity contribution in [2.45, 2.75) is 19.8 Å². The van der Waals surface area contributed by atoms with E-state index in [2.05, 4.69) is 5.32 Å². The fraction of sp³-hybridized carbons (Fsp3) is 0.467. The van der Waals surface area contributed by atoms with Crippen LogP contribution in [0, 0.1) is 5.92 Å². The number of carboxylic acids is 1. The number of ether oxygens (including phenoxy) is 1. The van der Waals surface area contributed by atoms with Crippen LogP contribution in [0.4, 0.5) is 10.5 Å². The van der Waals surface area contributed by atoms with Gasteiger partial charge in [-0.3, -0.25) is 4.79 Å². The lowest BCUT2D eigenvalue weighted by Gasteiger charge is -2.38. The van der Waals surface area contributed by atoms with Gasteiger partial charge in [-0.05, 0) is 30.7 Å². The normalized spacial score (nSPS) is 14.4. The smallest absolute Gasteiger partial charge is 0.321 e. The number of likely N-dealkylation sites (tertiary alicyclic amines) is 1. The third-order valence-corrected chi connectivity index (χ3v) is 3.29. The molecule has 2 N–H and O–H groups in total. The Morgan fingerprint density at radius 3 is 2.57 bits per heavy atom. The Morgan fingerprint density at radius 2 is 2.00 bits per heavy atom. The summed E-state index contributed by atoms with van der Waals surface area (Å²) < 4.78 is 5.47. The van der Waals surface area contributed by atoms with Gasteiger partial charge in [0.25, 0.3) is 0 Å². The van der Waals surface area contributed by atoms with E-state index >= 15 is 0 Å². The predicted molar refractivity (Wildman–Crippen MR) is 78.6 cm³/mol. The number of hydrogen-bond acceptors (Lipinski definition) is 3. The Hall–Kier alpha value is -2.24. The molecule has 0 aliphatic carbocycles. The SMILES string of the molecule is CCCOc1ccc(NC(=O)N2CC(CC(=O)O)C2)cc1. The number of carboxylic acid groups (broad SMARTS) is 1. The molecule has 1 fully saturated rings. The molecule has 0 bridgehead atoms. The maximum atomic E-state index is 11.9. The molecule has 0 unspecified atom stereocenters. The lowest BCUT2D eigenvalue weighted by Crippen LogP contribution is -2.52. The average Bonchev–Trinajstić information content (AvgIpc) is 2.41. The Morgan fingerprint density at radius 1 is 1.33 bits per heavy atom. The summed E-state index contributed by atoms with van der Waals surface area (Å²) in [4.78, 5) is 24.1. The first-order valence-corrected chi connectivity index (χ1v) is 7.09.